The zero-order valence-corrected chi connectivity index (χ0v) is 16.7. The van der Waals surface area contributed by atoms with Crippen molar-refractivity contribution in [1.29, 1.82) is 0 Å². The van der Waals surface area contributed by atoms with E-state index < -0.39 is 12.0 Å². The van der Waals surface area contributed by atoms with Crippen LogP contribution >= 0.6 is 0 Å². The van der Waals surface area contributed by atoms with Crippen LogP contribution in [0.25, 0.3) is 0 Å². The average Bonchev–Trinajstić information content (AvgIpc) is 2.77. The van der Waals surface area contributed by atoms with Crippen LogP contribution in [0, 0.1) is 0 Å². The van der Waals surface area contributed by atoms with Gasteiger partial charge in [-0.25, -0.2) is 4.79 Å². The van der Waals surface area contributed by atoms with Gasteiger partial charge in [-0.3, -0.25) is 4.79 Å². The maximum atomic E-state index is 12.7. The summed E-state index contributed by atoms with van der Waals surface area (Å²) in [4.78, 5) is 24.6. The molecule has 0 aliphatic rings. The first kappa shape index (κ1) is 21.1. The molecule has 0 aliphatic heterocycles. The lowest BCUT2D eigenvalue weighted by Crippen LogP contribution is -2.32. The van der Waals surface area contributed by atoms with Gasteiger partial charge in [0, 0.05) is 11.8 Å². The molecule has 1 amide bonds. The molecule has 0 radical (unpaired) electrons. The van der Waals surface area contributed by atoms with Gasteiger partial charge in [0.1, 0.15) is 24.5 Å². The maximum Gasteiger partial charge on any atom is 0.342 e. The lowest BCUT2D eigenvalue weighted by Gasteiger charge is -2.14. The number of nitrogens with one attached hydrogen (secondary N) is 1. The SMILES string of the molecule is C[C@H](N)C(=O)Nc1ccc(C(=O)OCc2ccccc2)c(OCc2ccccc2)c1. The van der Waals surface area contributed by atoms with Crippen LogP contribution in [-0.2, 0) is 22.7 Å². The normalized spacial score (nSPS) is 11.4. The van der Waals surface area contributed by atoms with Gasteiger partial charge in [-0.1, -0.05) is 60.7 Å². The van der Waals surface area contributed by atoms with Crippen molar-refractivity contribution in [2.75, 3.05) is 5.32 Å². The van der Waals surface area contributed by atoms with Gasteiger partial charge in [0.05, 0.1) is 6.04 Å². The van der Waals surface area contributed by atoms with Crippen LogP contribution in [0.1, 0.15) is 28.4 Å². The molecule has 0 aromatic heterocycles. The molecule has 0 unspecified atom stereocenters. The number of nitrogens with two attached hydrogens (primary N) is 1. The number of carbonyl (C=O) groups is 2. The van der Waals surface area contributed by atoms with Gasteiger partial charge in [0.15, 0.2) is 0 Å². The number of amides is 1. The molecule has 154 valence electrons. The number of benzene rings is 3. The first-order valence-corrected chi connectivity index (χ1v) is 9.61. The van der Waals surface area contributed by atoms with Crippen molar-refractivity contribution in [1.82, 2.24) is 0 Å². The fourth-order valence-corrected chi connectivity index (χ4v) is 2.68. The number of esters is 1. The molecular formula is C24H24N2O4. The predicted octanol–water partition coefficient (Wildman–Crippen LogP) is 3.91. The minimum absolute atomic E-state index is 0.154. The summed E-state index contributed by atoms with van der Waals surface area (Å²) in [5, 5.41) is 2.71. The average molecular weight is 404 g/mol. The Morgan fingerprint density at radius 1 is 0.900 bits per heavy atom. The Morgan fingerprint density at radius 2 is 1.50 bits per heavy atom. The third-order valence-electron chi connectivity index (χ3n) is 4.33. The molecule has 0 bridgehead atoms. The summed E-state index contributed by atoms with van der Waals surface area (Å²) in [6.07, 6.45) is 0. The van der Waals surface area contributed by atoms with Crippen LogP contribution in [0.2, 0.25) is 0 Å². The third kappa shape index (κ3) is 5.93. The van der Waals surface area contributed by atoms with E-state index in [1.54, 1.807) is 25.1 Å². The molecule has 3 aromatic carbocycles. The minimum atomic E-state index is -0.658. The van der Waals surface area contributed by atoms with Crippen molar-refractivity contribution in [3.8, 4) is 5.75 Å². The lowest BCUT2D eigenvalue weighted by atomic mass is 10.1. The van der Waals surface area contributed by atoms with Gasteiger partial charge in [-0.05, 0) is 30.2 Å². The molecule has 3 rings (SSSR count). The Balaban J connectivity index is 1.78. The molecule has 1 atom stereocenters. The first-order chi connectivity index (χ1) is 14.5. The van der Waals surface area contributed by atoms with Crippen molar-refractivity contribution in [3.63, 3.8) is 0 Å². The van der Waals surface area contributed by atoms with E-state index in [1.165, 1.54) is 0 Å². The van der Waals surface area contributed by atoms with Gasteiger partial charge < -0.3 is 20.5 Å². The molecular weight excluding hydrogens is 380 g/mol. The predicted molar refractivity (Wildman–Crippen MR) is 115 cm³/mol. The quantitative estimate of drug-likeness (QED) is 0.556. The Hall–Kier alpha value is -3.64. The monoisotopic (exact) mass is 404 g/mol. The fraction of sp³-hybridized carbons (Fsp3) is 0.167. The topological polar surface area (TPSA) is 90.7 Å². The molecule has 6 nitrogen and oxygen atoms in total. The van der Waals surface area contributed by atoms with Crippen LogP contribution in [0.3, 0.4) is 0 Å². The van der Waals surface area contributed by atoms with Crippen LogP contribution in [0.5, 0.6) is 5.75 Å². The summed E-state index contributed by atoms with van der Waals surface area (Å²) in [5.74, 6) is -0.519. The highest BCUT2D eigenvalue weighted by Crippen LogP contribution is 2.26. The van der Waals surface area contributed by atoms with Crippen LogP contribution in [-0.4, -0.2) is 17.9 Å². The van der Waals surface area contributed by atoms with E-state index in [4.69, 9.17) is 15.2 Å². The van der Waals surface area contributed by atoms with E-state index in [0.717, 1.165) is 11.1 Å². The highest BCUT2D eigenvalue weighted by molar-refractivity contribution is 5.97. The number of hydrogen-bond acceptors (Lipinski definition) is 5. The lowest BCUT2D eigenvalue weighted by molar-refractivity contribution is -0.117. The van der Waals surface area contributed by atoms with Gasteiger partial charge in [-0.2, -0.15) is 0 Å². The summed E-state index contributed by atoms with van der Waals surface area (Å²) in [5.41, 5.74) is 8.21. The van der Waals surface area contributed by atoms with E-state index in [1.807, 2.05) is 60.7 Å². The molecule has 6 heteroatoms. The van der Waals surface area contributed by atoms with E-state index in [0.29, 0.717) is 11.4 Å². The number of ether oxygens (including phenoxy) is 2. The number of hydrogen-bond donors (Lipinski definition) is 2. The summed E-state index contributed by atoms with van der Waals surface area (Å²) >= 11 is 0. The summed E-state index contributed by atoms with van der Waals surface area (Å²) < 4.78 is 11.3. The molecule has 0 heterocycles. The van der Waals surface area contributed by atoms with Crippen molar-refractivity contribution in [3.05, 3.63) is 95.6 Å². The van der Waals surface area contributed by atoms with Crippen LogP contribution in [0.15, 0.2) is 78.9 Å². The number of rotatable bonds is 8. The Labute approximate surface area is 175 Å². The van der Waals surface area contributed by atoms with E-state index in [2.05, 4.69) is 5.32 Å². The van der Waals surface area contributed by atoms with Crippen molar-refractivity contribution < 1.29 is 19.1 Å². The fourth-order valence-electron chi connectivity index (χ4n) is 2.68. The maximum absolute atomic E-state index is 12.7. The van der Waals surface area contributed by atoms with Gasteiger partial charge in [0.2, 0.25) is 5.91 Å². The number of carbonyl (C=O) groups excluding carboxylic acids is 2. The summed E-state index contributed by atoms with van der Waals surface area (Å²) in [6.45, 7) is 2.02. The molecule has 3 N–H and O–H groups in total. The standard InChI is InChI=1S/C24H24N2O4/c1-17(25)23(27)26-20-12-13-21(24(28)30-16-19-10-6-3-7-11-19)22(14-20)29-15-18-8-4-2-5-9-18/h2-14,17H,15-16,25H2,1H3,(H,26,27)/t17-/m0/s1. The van der Waals surface area contributed by atoms with Crippen molar-refractivity contribution in [2.45, 2.75) is 26.2 Å². The second-order valence-corrected chi connectivity index (χ2v) is 6.82. The van der Waals surface area contributed by atoms with Crippen LogP contribution in [0.4, 0.5) is 5.69 Å². The largest absolute Gasteiger partial charge is 0.488 e. The molecule has 0 fully saturated rings. The van der Waals surface area contributed by atoms with Crippen molar-refractivity contribution >= 4 is 17.6 Å². The third-order valence-corrected chi connectivity index (χ3v) is 4.33. The highest BCUT2D eigenvalue weighted by atomic mass is 16.5. The van der Waals surface area contributed by atoms with E-state index in [-0.39, 0.29) is 24.7 Å². The Kier molecular flexibility index (Phi) is 7.19. The van der Waals surface area contributed by atoms with Crippen molar-refractivity contribution in [2.24, 2.45) is 5.73 Å². The van der Waals surface area contributed by atoms with E-state index in [9.17, 15) is 9.59 Å². The Morgan fingerprint density at radius 3 is 2.10 bits per heavy atom. The molecule has 0 saturated heterocycles. The number of anilines is 1. The smallest absolute Gasteiger partial charge is 0.342 e. The van der Waals surface area contributed by atoms with Gasteiger partial charge in [-0.15, -0.1) is 0 Å². The van der Waals surface area contributed by atoms with E-state index >= 15 is 0 Å². The summed E-state index contributed by atoms with van der Waals surface area (Å²) in [7, 11) is 0. The van der Waals surface area contributed by atoms with Gasteiger partial charge in [0.25, 0.3) is 0 Å². The Bertz CT molecular complexity index is 989. The molecule has 30 heavy (non-hydrogen) atoms. The highest BCUT2D eigenvalue weighted by Gasteiger charge is 2.17. The minimum Gasteiger partial charge on any atom is -0.488 e. The zero-order valence-electron chi connectivity index (χ0n) is 16.7. The first-order valence-electron chi connectivity index (χ1n) is 9.61. The molecule has 0 saturated carbocycles. The molecule has 0 aliphatic carbocycles. The molecule has 0 spiro atoms. The molecule has 3 aromatic rings. The second kappa shape index (κ2) is 10.2. The second-order valence-electron chi connectivity index (χ2n) is 6.82. The summed E-state index contributed by atoms with van der Waals surface area (Å²) in [6, 6.07) is 23.1. The van der Waals surface area contributed by atoms with Crippen LogP contribution < -0.4 is 15.8 Å². The van der Waals surface area contributed by atoms with Gasteiger partial charge >= 0.3 is 5.97 Å². The zero-order chi connectivity index (χ0) is 21.3.